The quantitative estimate of drug-likeness (QED) is 0.739. The first-order valence-electron chi connectivity index (χ1n) is 5.31. The van der Waals surface area contributed by atoms with Gasteiger partial charge < -0.3 is 16.4 Å². The minimum Gasteiger partial charge on any atom is -0.368 e. The van der Waals surface area contributed by atoms with Gasteiger partial charge in [0.1, 0.15) is 0 Å². The maximum Gasteiger partial charge on any atom is 0.390 e. The van der Waals surface area contributed by atoms with Gasteiger partial charge in [0, 0.05) is 12.6 Å². The number of rotatable bonds is 6. The van der Waals surface area contributed by atoms with E-state index in [2.05, 4.69) is 0 Å². The Bertz CT molecular complexity index is 266. The molecule has 0 aliphatic carbocycles. The van der Waals surface area contributed by atoms with E-state index in [1.807, 2.05) is 0 Å². The van der Waals surface area contributed by atoms with E-state index >= 15 is 0 Å². The zero-order valence-corrected chi connectivity index (χ0v) is 10.3. The van der Waals surface area contributed by atoms with Crippen molar-refractivity contribution in [2.24, 2.45) is 11.5 Å². The topological polar surface area (TPSA) is 72.3 Å². The summed E-state index contributed by atoms with van der Waals surface area (Å²) in [5.74, 6) is -0.659. The van der Waals surface area contributed by atoms with Crippen LogP contribution < -0.4 is 11.5 Å². The van der Waals surface area contributed by atoms with Gasteiger partial charge in [-0.25, -0.2) is 0 Å². The fraction of sp³-hybridized carbons (Fsp3) is 0.900. The minimum atomic E-state index is -4.18. The second-order valence-corrected chi connectivity index (χ2v) is 4.68. The van der Waals surface area contributed by atoms with Crippen molar-refractivity contribution in [1.82, 2.24) is 4.90 Å². The third-order valence-electron chi connectivity index (χ3n) is 2.78. The summed E-state index contributed by atoms with van der Waals surface area (Å²) >= 11 is 0. The van der Waals surface area contributed by atoms with E-state index in [4.69, 9.17) is 11.5 Å². The third-order valence-corrected chi connectivity index (χ3v) is 2.78. The number of nitrogens with two attached hydrogens (primary N) is 2. The van der Waals surface area contributed by atoms with Crippen molar-refractivity contribution in [2.75, 3.05) is 13.6 Å². The molecule has 0 aromatic heterocycles. The average Bonchev–Trinajstić information content (AvgIpc) is 2.11. The number of amides is 1. The smallest absolute Gasteiger partial charge is 0.368 e. The standard InChI is InChI=1S/C10H20F3N3O/c1-7(6-9(2,15)8(14)17)16(3)5-4-10(11,12)13/h7H,4-6,15H2,1-3H3,(H2,14,17). The summed E-state index contributed by atoms with van der Waals surface area (Å²) in [5, 5.41) is 0. The predicted octanol–water partition coefficient (Wildman–Crippen LogP) is 0.852. The van der Waals surface area contributed by atoms with Gasteiger partial charge in [-0.05, 0) is 27.3 Å². The van der Waals surface area contributed by atoms with E-state index in [1.165, 1.54) is 11.8 Å². The normalized spacial score (nSPS) is 17.9. The van der Waals surface area contributed by atoms with Gasteiger partial charge in [-0.15, -0.1) is 0 Å². The molecule has 0 aromatic carbocycles. The van der Waals surface area contributed by atoms with Crippen LogP contribution in [0.5, 0.6) is 0 Å². The molecule has 0 bridgehead atoms. The Morgan fingerprint density at radius 3 is 2.24 bits per heavy atom. The van der Waals surface area contributed by atoms with Crippen molar-refractivity contribution < 1.29 is 18.0 Å². The van der Waals surface area contributed by atoms with Crippen molar-refractivity contribution in [1.29, 1.82) is 0 Å². The summed E-state index contributed by atoms with van der Waals surface area (Å²) in [7, 11) is 1.56. The molecule has 0 radical (unpaired) electrons. The number of halogens is 3. The van der Waals surface area contributed by atoms with Gasteiger partial charge in [-0.3, -0.25) is 4.79 Å². The number of carbonyl (C=O) groups excluding carboxylic acids is 1. The molecule has 0 rings (SSSR count). The Morgan fingerprint density at radius 2 is 1.88 bits per heavy atom. The van der Waals surface area contributed by atoms with E-state index in [0.29, 0.717) is 0 Å². The largest absolute Gasteiger partial charge is 0.390 e. The van der Waals surface area contributed by atoms with Gasteiger partial charge in [0.25, 0.3) is 0 Å². The maximum atomic E-state index is 12.0. The Kier molecular flexibility index (Phi) is 5.41. The van der Waals surface area contributed by atoms with Crippen LogP contribution in [0.25, 0.3) is 0 Å². The minimum absolute atomic E-state index is 0.125. The van der Waals surface area contributed by atoms with Crippen LogP contribution in [0.4, 0.5) is 13.2 Å². The van der Waals surface area contributed by atoms with E-state index in [9.17, 15) is 18.0 Å². The third kappa shape index (κ3) is 6.48. The molecular weight excluding hydrogens is 235 g/mol. The average molecular weight is 255 g/mol. The van der Waals surface area contributed by atoms with Crippen molar-refractivity contribution in [3.05, 3.63) is 0 Å². The highest BCUT2D eigenvalue weighted by molar-refractivity contribution is 5.83. The van der Waals surface area contributed by atoms with Crippen LogP contribution >= 0.6 is 0 Å². The van der Waals surface area contributed by atoms with Crippen molar-refractivity contribution in [2.45, 2.75) is 44.4 Å². The van der Waals surface area contributed by atoms with E-state index in [1.54, 1.807) is 14.0 Å². The van der Waals surface area contributed by atoms with Crippen LogP contribution in [0.3, 0.4) is 0 Å². The lowest BCUT2D eigenvalue weighted by Crippen LogP contribution is -2.53. The number of hydrogen-bond acceptors (Lipinski definition) is 3. The van der Waals surface area contributed by atoms with Gasteiger partial charge in [0.15, 0.2) is 0 Å². The fourth-order valence-electron chi connectivity index (χ4n) is 1.39. The van der Waals surface area contributed by atoms with E-state index in [-0.39, 0.29) is 19.0 Å². The summed E-state index contributed by atoms with van der Waals surface area (Å²) < 4.78 is 36.1. The van der Waals surface area contributed by atoms with E-state index < -0.39 is 24.0 Å². The summed E-state index contributed by atoms with van der Waals surface area (Å²) in [6, 6.07) is -0.250. The van der Waals surface area contributed by atoms with Crippen LogP contribution in [-0.4, -0.2) is 42.2 Å². The van der Waals surface area contributed by atoms with Crippen LogP contribution in [0.2, 0.25) is 0 Å². The molecule has 0 saturated carbocycles. The van der Waals surface area contributed by atoms with Gasteiger partial charge in [0.2, 0.25) is 5.91 Å². The lowest BCUT2D eigenvalue weighted by atomic mass is 9.93. The molecule has 4 nitrogen and oxygen atoms in total. The second kappa shape index (κ2) is 5.68. The highest BCUT2D eigenvalue weighted by Gasteiger charge is 2.31. The predicted molar refractivity (Wildman–Crippen MR) is 59.2 cm³/mol. The molecule has 2 unspecified atom stereocenters. The highest BCUT2D eigenvalue weighted by Crippen LogP contribution is 2.21. The first-order chi connectivity index (χ1) is 7.46. The highest BCUT2D eigenvalue weighted by atomic mass is 19.4. The number of hydrogen-bond donors (Lipinski definition) is 2. The molecule has 7 heteroatoms. The fourth-order valence-corrected chi connectivity index (χ4v) is 1.39. The molecule has 0 aliphatic rings. The van der Waals surface area contributed by atoms with Gasteiger partial charge in [-0.1, -0.05) is 0 Å². The zero-order valence-electron chi connectivity index (χ0n) is 10.3. The number of nitrogens with zero attached hydrogens (tertiary/aromatic N) is 1. The molecule has 0 fully saturated rings. The summed E-state index contributed by atoms with van der Waals surface area (Å²) in [6.45, 7) is 3.06. The Morgan fingerprint density at radius 1 is 1.41 bits per heavy atom. The number of carbonyl (C=O) groups is 1. The molecule has 102 valence electrons. The van der Waals surface area contributed by atoms with Crippen LogP contribution in [0.1, 0.15) is 26.7 Å². The number of primary amides is 1. The Labute approximate surface area is 99.1 Å². The monoisotopic (exact) mass is 255 g/mol. The van der Waals surface area contributed by atoms with Crippen molar-refractivity contribution >= 4 is 5.91 Å². The molecule has 0 heterocycles. The van der Waals surface area contributed by atoms with Crippen molar-refractivity contribution in [3.8, 4) is 0 Å². The summed E-state index contributed by atoms with van der Waals surface area (Å²) in [4.78, 5) is 12.5. The van der Waals surface area contributed by atoms with Crippen LogP contribution in [0.15, 0.2) is 0 Å². The molecule has 2 atom stereocenters. The molecule has 4 N–H and O–H groups in total. The molecule has 0 aromatic rings. The van der Waals surface area contributed by atoms with Crippen LogP contribution in [-0.2, 0) is 4.79 Å². The number of alkyl halides is 3. The van der Waals surface area contributed by atoms with Gasteiger partial charge >= 0.3 is 6.18 Å². The van der Waals surface area contributed by atoms with Crippen molar-refractivity contribution in [3.63, 3.8) is 0 Å². The zero-order chi connectivity index (χ0) is 13.9. The SMILES string of the molecule is CC(CC(C)(N)C(N)=O)N(C)CCC(F)(F)F. The Hall–Kier alpha value is -0.820. The lowest BCUT2D eigenvalue weighted by molar-refractivity contribution is -0.138. The summed E-state index contributed by atoms with van der Waals surface area (Å²) in [5.41, 5.74) is 9.55. The molecule has 0 saturated heterocycles. The van der Waals surface area contributed by atoms with Gasteiger partial charge in [0.05, 0.1) is 12.0 Å². The second-order valence-electron chi connectivity index (χ2n) is 4.68. The lowest BCUT2D eigenvalue weighted by Gasteiger charge is -2.31. The molecule has 0 aliphatic heterocycles. The summed E-state index contributed by atoms with van der Waals surface area (Å²) in [6.07, 6.45) is -4.84. The first-order valence-corrected chi connectivity index (χ1v) is 5.31. The molecule has 1 amide bonds. The van der Waals surface area contributed by atoms with Crippen LogP contribution in [0, 0.1) is 0 Å². The molecule has 17 heavy (non-hydrogen) atoms. The molecular formula is C10H20F3N3O. The molecule has 0 spiro atoms. The van der Waals surface area contributed by atoms with E-state index in [0.717, 1.165) is 0 Å². The van der Waals surface area contributed by atoms with Gasteiger partial charge in [-0.2, -0.15) is 13.2 Å². The Balaban J connectivity index is 4.23. The maximum absolute atomic E-state index is 12.0. The first kappa shape index (κ1) is 16.2.